The molecule has 2 heterocycles. The smallest absolute Gasteiger partial charge is 0.276 e. The van der Waals surface area contributed by atoms with Gasteiger partial charge in [-0.05, 0) is 51.2 Å². The van der Waals surface area contributed by atoms with E-state index < -0.39 is 17.2 Å². The molecule has 0 spiro atoms. The molecule has 0 radical (unpaired) electrons. The SMILES string of the molecule is CN1CCC(NC(=O)c2nn(C)c3ccc(F)cc3c2=O)CC1. The first kappa shape index (κ1) is 15.6. The third-order valence-electron chi connectivity index (χ3n) is 4.29. The number of halogens is 1. The van der Waals surface area contributed by atoms with E-state index in [0.29, 0.717) is 5.52 Å². The number of fused-ring (bicyclic) bond motifs is 1. The number of rotatable bonds is 2. The van der Waals surface area contributed by atoms with E-state index in [1.807, 2.05) is 7.05 Å². The Bertz CT molecular complexity index is 810. The van der Waals surface area contributed by atoms with Crippen LogP contribution >= 0.6 is 0 Å². The van der Waals surface area contributed by atoms with Crippen LogP contribution < -0.4 is 10.7 Å². The standard InChI is InChI=1S/C16H19FN4O2/c1-20-7-5-11(6-8-20)18-16(23)14-15(22)12-9-10(17)3-4-13(12)21(2)19-14/h3-4,9,11H,5-8H2,1-2H3,(H,18,23). The zero-order valence-corrected chi connectivity index (χ0v) is 13.2. The van der Waals surface area contributed by atoms with Crippen molar-refractivity contribution >= 4 is 16.8 Å². The molecule has 1 aliphatic rings. The molecule has 1 fully saturated rings. The third kappa shape index (κ3) is 3.10. The minimum absolute atomic E-state index is 0.0356. The van der Waals surface area contributed by atoms with Crippen LogP contribution in [0.2, 0.25) is 0 Å². The van der Waals surface area contributed by atoms with Crippen molar-refractivity contribution in [1.29, 1.82) is 0 Å². The predicted octanol–water partition coefficient (Wildman–Crippen LogP) is 0.897. The lowest BCUT2D eigenvalue weighted by atomic mass is 10.1. The molecular formula is C16H19FN4O2. The molecule has 3 rings (SSSR count). The van der Waals surface area contributed by atoms with Crippen LogP contribution in [0.5, 0.6) is 0 Å². The van der Waals surface area contributed by atoms with E-state index in [0.717, 1.165) is 32.0 Å². The van der Waals surface area contributed by atoms with E-state index in [2.05, 4.69) is 15.3 Å². The van der Waals surface area contributed by atoms with Crippen LogP contribution in [0.15, 0.2) is 23.0 Å². The second-order valence-electron chi connectivity index (χ2n) is 6.01. The minimum atomic E-state index is -0.539. The first-order valence-corrected chi connectivity index (χ1v) is 7.61. The quantitative estimate of drug-likeness (QED) is 0.893. The largest absolute Gasteiger partial charge is 0.348 e. The summed E-state index contributed by atoms with van der Waals surface area (Å²) in [6.07, 6.45) is 1.68. The highest BCUT2D eigenvalue weighted by molar-refractivity contribution is 5.95. The highest BCUT2D eigenvalue weighted by atomic mass is 19.1. The summed E-state index contributed by atoms with van der Waals surface area (Å²) in [5.41, 5.74) is -0.236. The van der Waals surface area contributed by atoms with Crippen molar-refractivity contribution < 1.29 is 9.18 Å². The van der Waals surface area contributed by atoms with Crippen LogP contribution in [-0.2, 0) is 7.05 Å². The molecule has 0 unspecified atom stereocenters. The van der Waals surface area contributed by atoms with Crippen molar-refractivity contribution in [3.8, 4) is 0 Å². The molecule has 1 saturated heterocycles. The fourth-order valence-corrected chi connectivity index (χ4v) is 2.90. The number of piperidine rings is 1. The molecule has 23 heavy (non-hydrogen) atoms. The van der Waals surface area contributed by atoms with Gasteiger partial charge in [-0.25, -0.2) is 4.39 Å². The van der Waals surface area contributed by atoms with Gasteiger partial charge < -0.3 is 10.2 Å². The number of nitrogens with zero attached hydrogens (tertiary/aromatic N) is 3. The van der Waals surface area contributed by atoms with Gasteiger partial charge in [0.25, 0.3) is 5.91 Å². The molecule has 0 aliphatic carbocycles. The van der Waals surface area contributed by atoms with Gasteiger partial charge in [-0.15, -0.1) is 0 Å². The fraction of sp³-hybridized carbons (Fsp3) is 0.438. The summed E-state index contributed by atoms with van der Waals surface area (Å²) in [5.74, 6) is -1.01. The molecule has 1 aromatic carbocycles. The van der Waals surface area contributed by atoms with E-state index in [9.17, 15) is 14.0 Å². The van der Waals surface area contributed by atoms with Gasteiger partial charge in [0.15, 0.2) is 5.69 Å². The Kier molecular flexibility index (Phi) is 4.12. The van der Waals surface area contributed by atoms with Gasteiger partial charge in [-0.3, -0.25) is 14.3 Å². The number of amides is 1. The van der Waals surface area contributed by atoms with Gasteiger partial charge in [-0.1, -0.05) is 0 Å². The van der Waals surface area contributed by atoms with Crippen LogP contribution in [0.25, 0.3) is 10.9 Å². The van der Waals surface area contributed by atoms with Gasteiger partial charge in [-0.2, -0.15) is 5.10 Å². The van der Waals surface area contributed by atoms with Crippen molar-refractivity contribution in [2.24, 2.45) is 7.05 Å². The average Bonchev–Trinajstić information content (AvgIpc) is 2.53. The van der Waals surface area contributed by atoms with Gasteiger partial charge in [0.05, 0.1) is 10.9 Å². The molecule has 122 valence electrons. The maximum atomic E-state index is 13.4. The molecular weight excluding hydrogens is 299 g/mol. The maximum Gasteiger partial charge on any atom is 0.276 e. The highest BCUT2D eigenvalue weighted by Crippen LogP contribution is 2.12. The van der Waals surface area contributed by atoms with Crippen LogP contribution in [0.1, 0.15) is 23.3 Å². The van der Waals surface area contributed by atoms with Crippen LogP contribution in [0.4, 0.5) is 4.39 Å². The van der Waals surface area contributed by atoms with Crippen molar-refractivity contribution in [2.75, 3.05) is 20.1 Å². The fourth-order valence-electron chi connectivity index (χ4n) is 2.90. The van der Waals surface area contributed by atoms with Gasteiger partial charge in [0, 0.05) is 13.1 Å². The number of hydrogen-bond donors (Lipinski definition) is 1. The van der Waals surface area contributed by atoms with Gasteiger partial charge in [0.2, 0.25) is 5.43 Å². The van der Waals surface area contributed by atoms with E-state index in [1.165, 1.54) is 16.8 Å². The number of carbonyl (C=O) groups is 1. The van der Waals surface area contributed by atoms with Crippen LogP contribution in [0, 0.1) is 5.82 Å². The molecule has 1 N–H and O–H groups in total. The lowest BCUT2D eigenvalue weighted by Gasteiger charge is -2.29. The Balaban J connectivity index is 1.91. The van der Waals surface area contributed by atoms with E-state index in [-0.39, 0.29) is 17.1 Å². The molecule has 0 atom stereocenters. The van der Waals surface area contributed by atoms with Crippen molar-refractivity contribution in [1.82, 2.24) is 20.0 Å². The van der Waals surface area contributed by atoms with Gasteiger partial charge >= 0.3 is 0 Å². The molecule has 6 nitrogen and oxygen atoms in total. The topological polar surface area (TPSA) is 67.2 Å². The van der Waals surface area contributed by atoms with Crippen molar-refractivity contribution in [2.45, 2.75) is 18.9 Å². The summed E-state index contributed by atoms with van der Waals surface area (Å²) in [5, 5.41) is 7.10. The number of carbonyl (C=O) groups excluding carboxylic acids is 1. The first-order valence-electron chi connectivity index (χ1n) is 7.61. The Labute approximate surface area is 132 Å². The number of likely N-dealkylation sites (tertiary alicyclic amines) is 1. The van der Waals surface area contributed by atoms with E-state index in [1.54, 1.807) is 7.05 Å². The average molecular weight is 318 g/mol. The lowest BCUT2D eigenvalue weighted by Crippen LogP contribution is -2.44. The maximum absolute atomic E-state index is 13.4. The zero-order valence-electron chi connectivity index (χ0n) is 13.2. The Morgan fingerprint density at radius 3 is 2.70 bits per heavy atom. The summed E-state index contributed by atoms with van der Waals surface area (Å²) in [6, 6.07) is 3.93. The highest BCUT2D eigenvalue weighted by Gasteiger charge is 2.22. The monoisotopic (exact) mass is 318 g/mol. The molecule has 1 aliphatic heterocycles. The normalized spacial score (nSPS) is 16.7. The molecule has 7 heteroatoms. The number of benzene rings is 1. The molecule has 0 bridgehead atoms. The van der Waals surface area contributed by atoms with Crippen molar-refractivity contribution in [3.63, 3.8) is 0 Å². The number of hydrogen-bond acceptors (Lipinski definition) is 4. The zero-order chi connectivity index (χ0) is 16.6. The second-order valence-corrected chi connectivity index (χ2v) is 6.01. The lowest BCUT2D eigenvalue weighted by molar-refractivity contribution is 0.0909. The van der Waals surface area contributed by atoms with Crippen LogP contribution in [-0.4, -0.2) is 46.8 Å². The van der Waals surface area contributed by atoms with Crippen molar-refractivity contribution in [3.05, 3.63) is 39.9 Å². The number of aryl methyl sites for hydroxylation is 1. The molecule has 2 aromatic rings. The van der Waals surface area contributed by atoms with Gasteiger partial charge in [0.1, 0.15) is 5.82 Å². The Morgan fingerprint density at radius 1 is 1.30 bits per heavy atom. The van der Waals surface area contributed by atoms with E-state index in [4.69, 9.17) is 0 Å². The second kappa shape index (κ2) is 6.08. The summed E-state index contributed by atoms with van der Waals surface area (Å²) in [7, 11) is 3.67. The summed E-state index contributed by atoms with van der Waals surface area (Å²) >= 11 is 0. The minimum Gasteiger partial charge on any atom is -0.348 e. The molecule has 1 aromatic heterocycles. The van der Waals surface area contributed by atoms with E-state index >= 15 is 0 Å². The Hall–Kier alpha value is -2.28. The number of nitrogens with one attached hydrogen (secondary N) is 1. The molecule has 0 saturated carbocycles. The summed E-state index contributed by atoms with van der Waals surface area (Å²) in [4.78, 5) is 27.1. The number of aromatic nitrogens is 2. The molecule has 1 amide bonds. The Morgan fingerprint density at radius 2 is 2.00 bits per heavy atom. The first-order chi connectivity index (χ1) is 11.0. The summed E-state index contributed by atoms with van der Waals surface area (Å²) in [6.45, 7) is 1.80. The summed E-state index contributed by atoms with van der Waals surface area (Å²) < 4.78 is 14.8. The third-order valence-corrected chi connectivity index (χ3v) is 4.29. The van der Waals surface area contributed by atoms with Crippen LogP contribution in [0.3, 0.4) is 0 Å². The predicted molar refractivity (Wildman–Crippen MR) is 84.9 cm³/mol.